The minimum atomic E-state index is -0.235. The molecule has 1 heterocycles. The van der Waals surface area contributed by atoms with Gasteiger partial charge in [0.15, 0.2) is 0 Å². The van der Waals surface area contributed by atoms with Crippen molar-refractivity contribution in [2.75, 3.05) is 12.4 Å². The summed E-state index contributed by atoms with van der Waals surface area (Å²) in [5, 5.41) is 2.60. The van der Waals surface area contributed by atoms with Crippen LogP contribution in [-0.2, 0) is 14.3 Å². The summed E-state index contributed by atoms with van der Waals surface area (Å²) >= 11 is 1.45. The van der Waals surface area contributed by atoms with Gasteiger partial charge in [-0.15, -0.1) is 11.8 Å². The number of carbonyl (C=O) groups excluding carboxylic acids is 2. The molecule has 4 nitrogen and oxygen atoms in total. The van der Waals surface area contributed by atoms with Gasteiger partial charge in [-0.3, -0.25) is 9.59 Å². The lowest BCUT2D eigenvalue weighted by molar-refractivity contribution is -0.143. The number of rotatable bonds is 4. The molecule has 0 bridgehead atoms. The van der Waals surface area contributed by atoms with Gasteiger partial charge in [-0.1, -0.05) is 6.92 Å². The van der Waals surface area contributed by atoms with Crippen LogP contribution < -0.4 is 5.32 Å². The molecule has 5 heteroatoms. The second kappa shape index (κ2) is 5.11. The Morgan fingerprint density at radius 2 is 2.54 bits per heavy atom. The van der Waals surface area contributed by atoms with E-state index in [0.29, 0.717) is 12.4 Å². The molecule has 0 aromatic carbocycles. The zero-order chi connectivity index (χ0) is 9.68. The van der Waals surface area contributed by atoms with E-state index in [-0.39, 0.29) is 23.7 Å². The quantitative estimate of drug-likeness (QED) is 0.677. The van der Waals surface area contributed by atoms with Gasteiger partial charge >= 0.3 is 5.97 Å². The molecule has 1 aliphatic heterocycles. The van der Waals surface area contributed by atoms with E-state index in [2.05, 4.69) is 5.32 Å². The van der Waals surface area contributed by atoms with Gasteiger partial charge in [0, 0.05) is 0 Å². The fraction of sp³-hybridized carbons (Fsp3) is 0.750. The maximum absolute atomic E-state index is 11.1. The number of ether oxygens (including phenoxy) is 1. The van der Waals surface area contributed by atoms with Crippen molar-refractivity contribution in [1.82, 2.24) is 5.32 Å². The van der Waals surface area contributed by atoms with E-state index in [1.807, 2.05) is 6.92 Å². The molecular formula is C8H13NO3S. The monoisotopic (exact) mass is 203 g/mol. The van der Waals surface area contributed by atoms with Crippen molar-refractivity contribution in [3.05, 3.63) is 0 Å². The molecule has 1 N–H and O–H groups in total. The molecule has 0 aromatic rings. The highest BCUT2D eigenvalue weighted by atomic mass is 32.2. The van der Waals surface area contributed by atoms with Gasteiger partial charge in [-0.2, -0.15) is 0 Å². The second-order valence-electron chi connectivity index (χ2n) is 2.79. The van der Waals surface area contributed by atoms with Crippen molar-refractivity contribution in [2.24, 2.45) is 0 Å². The Labute approximate surface area is 81.4 Å². The van der Waals surface area contributed by atoms with E-state index >= 15 is 0 Å². The van der Waals surface area contributed by atoms with E-state index in [0.717, 1.165) is 6.42 Å². The van der Waals surface area contributed by atoms with Crippen LogP contribution in [0.3, 0.4) is 0 Å². The fourth-order valence-electron chi connectivity index (χ4n) is 0.975. The van der Waals surface area contributed by atoms with E-state index in [1.54, 1.807) is 0 Å². The zero-order valence-electron chi connectivity index (χ0n) is 7.54. The van der Waals surface area contributed by atoms with Crippen LogP contribution in [0.1, 0.15) is 19.8 Å². The molecular weight excluding hydrogens is 190 g/mol. The molecule has 1 unspecified atom stereocenters. The molecule has 1 atom stereocenters. The van der Waals surface area contributed by atoms with Gasteiger partial charge in [0.1, 0.15) is 0 Å². The molecule has 1 fully saturated rings. The highest BCUT2D eigenvalue weighted by Crippen LogP contribution is 2.17. The molecule has 0 spiro atoms. The molecule has 13 heavy (non-hydrogen) atoms. The Morgan fingerprint density at radius 1 is 1.77 bits per heavy atom. The predicted molar refractivity (Wildman–Crippen MR) is 50.3 cm³/mol. The van der Waals surface area contributed by atoms with Crippen LogP contribution in [0, 0.1) is 0 Å². The number of amides is 1. The normalized spacial score (nSPS) is 21.3. The van der Waals surface area contributed by atoms with Gasteiger partial charge in [0.2, 0.25) is 5.91 Å². The van der Waals surface area contributed by atoms with Crippen LogP contribution in [0.25, 0.3) is 0 Å². The topological polar surface area (TPSA) is 55.4 Å². The Hall–Kier alpha value is -0.710. The first-order valence-electron chi connectivity index (χ1n) is 4.29. The summed E-state index contributed by atoms with van der Waals surface area (Å²) in [5.74, 6) is 0.214. The van der Waals surface area contributed by atoms with Crippen molar-refractivity contribution in [3.8, 4) is 0 Å². The van der Waals surface area contributed by atoms with Crippen molar-refractivity contribution < 1.29 is 14.3 Å². The summed E-state index contributed by atoms with van der Waals surface area (Å²) in [5.41, 5.74) is 0. The molecule has 0 aliphatic carbocycles. The van der Waals surface area contributed by atoms with Crippen LogP contribution in [0.4, 0.5) is 0 Å². The maximum Gasteiger partial charge on any atom is 0.308 e. The zero-order valence-corrected chi connectivity index (χ0v) is 8.36. The molecule has 1 saturated heterocycles. The van der Waals surface area contributed by atoms with E-state index in [9.17, 15) is 9.59 Å². The third kappa shape index (κ3) is 3.67. The molecule has 1 amide bonds. The Balaban J connectivity index is 2.17. The number of hydrogen-bond acceptors (Lipinski definition) is 4. The first-order chi connectivity index (χ1) is 6.22. The summed E-state index contributed by atoms with van der Waals surface area (Å²) in [4.78, 5) is 21.8. The Kier molecular flexibility index (Phi) is 4.08. The van der Waals surface area contributed by atoms with Crippen molar-refractivity contribution in [1.29, 1.82) is 0 Å². The summed E-state index contributed by atoms with van der Waals surface area (Å²) in [6.07, 6.45) is 1.10. The minimum absolute atomic E-state index is 0.00158. The van der Waals surface area contributed by atoms with Crippen molar-refractivity contribution >= 4 is 23.6 Å². The number of thioether (sulfide) groups is 1. The van der Waals surface area contributed by atoms with E-state index in [1.165, 1.54) is 11.8 Å². The van der Waals surface area contributed by atoms with Gasteiger partial charge in [-0.25, -0.2) is 0 Å². The van der Waals surface area contributed by atoms with Gasteiger partial charge < -0.3 is 10.1 Å². The third-order valence-corrected chi connectivity index (χ3v) is 2.67. The predicted octanol–water partition coefficient (Wildman–Crippen LogP) is 0.519. The van der Waals surface area contributed by atoms with E-state index < -0.39 is 0 Å². The van der Waals surface area contributed by atoms with Crippen LogP contribution in [-0.4, -0.2) is 29.6 Å². The summed E-state index contributed by atoms with van der Waals surface area (Å²) in [7, 11) is 0. The maximum atomic E-state index is 11.1. The molecule has 0 radical (unpaired) electrons. The molecule has 74 valence electrons. The highest BCUT2D eigenvalue weighted by molar-refractivity contribution is 8.01. The lowest BCUT2D eigenvalue weighted by Gasteiger charge is -2.07. The first-order valence-corrected chi connectivity index (χ1v) is 5.34. The lowest BCUT2D eigenvalue weighted by Crippen LogP contribution is -2.27. The van der Waals surface area contributed by atoms with Gasteiger partial charge in [0.25, 0.3) is 0 Å². The fourth-order valence-corrected chi connectivity index (χ4v) is 1.88. The SMILES string of the molecule is CCCOC(=O)CC1NC(=O)CS1. The van der Waals surface area contributed by atoms with Crippen molar-refractivity contribution in [2.45, 2.75) is 25.1 Å². The molecule has 1 rings (SSSR count). The van der Waals surface area contributed by atoms with E-state index in [4.69, 9.17) is 4.74 Å². The van der Waals surface area contributed by atoms with Crippen LogP contribution in [0.5, 0.6) is 0 Å². The molecule has 0 aromatic heterocycles. The largest absolute Gasteiger partial charge is 0.466 e. The summed E-state index contributed by atoms with van der Waals surface area (Å²) in [6.45, 7) is 2.41. The standard InChI is InChI=1S/C8H13NO3S/c1-2-3-12-8(11)4-7-9-6(10)5-13-7/h7H,2-5H2,1H3,(H,9,10). The van der Waals surface area contributed by atoms with Crippen LogP contribution in [0.15, 0.2) is 0 Å². The minimum Gasteiger partial charge on any atom is -0.466 e. The second-order valence-corrected chi connectivity index (χ2v) is 3.98. The summed E-state index contributed by atoms with van der Waals surface area (Å²) in [6, 6.07) is 0. The number of esters is 1. The highest BCUT2D eigenvalue weighted by Gasteiger charge is 2.24. The van der Waals surface area contributed by atoms with Crippen molar-refractivity contribution in [3.63, 3.8) is 0 Å². The van der Waals surface area contributed by atoms with Crippen LogP contribution in [0.2, 0.25) is 0 Å². The number of hydrogen-bond donors (Lipinski definition) is 1. The van der Waals surface area contributed by atoms with Gasteiger partial charge in [-0.05, 0) is 6.42 Å². The molecule has 0 saturated carbocycles. The average Bonchev–Trinajstić information content (AvgIpc) is 2.48. The third-order valence-electron chi connectivity index (χ3n) is 1.56. The molecule has 1 aliphatic rings. The Morgan fingerprint density at radius 3 is 3.08 bits per heavy atom. The number of nitrogens with one attached hydrogen (secondary N) is 1. The first kappa shape index (κ1) is 10.4. The summed E-state index contributed by atoms with van der Waals surface area (Å²) < 4.78 is 4.88. The lowest BCUT2D eigenvalue weighted by atomic mass is 10.4. The average molecular weight is 203 g/mol. The Bertz CT molecular complexity index is 208. The number of carbonyl (C=O) groups is 2. The smallest absolute Gasteiger partial charge is 0.308 e. The van der Waals surface area contributed by atoms with Crippen LogP contribution >= 0.6 is 11.8 Å². The van der Waals surface area contributed by atoms with Gasteiger partial charge in [0.05, 0.1) is 24.2 Å².